The van der Waals surface area contributed by atoms with Gasteiger partial charge >= 0.3 is 0 Å². The number of aliphatic hydroxyl groups is 3. The van der Waals surface area contributed by atoms with Crippen molar-refractivity contribution in [3.8, 4) is 17.2 Å². The van der Waals surface area contributed by atoms with Gasteiger partial charge in [0, 0.05) is 36.2 Å². The lowest BCUT2D eigenvalue weighted by Gasteiger charge is -2.41. The minimum absolute atomic E-state index is 0.00781. The molecule has 0 bridgehead atoms. The fourth-order valence-corrected chi connectivity index (χ4v) is 6.41. The number of fused-ring (bicyclic) bond motifs is 4. The molecule has 0 radical (unpaired) electrons. The number of nitrogens with one attached hydrogen (secondary N) is 1. The van der Waals surface area contributed by atoms with Crippen LogP contribution in [-0.4, -0.2) is 96.9 Å². The number of carbonyl (C=O) groups excluding carboxylic acids is 2. The number of amides is 2. The van der Waals surface area contributed by atoms with Gasteiger partial charge in [-0.15, -0.1) is 0 Å². The van der Waals surface area contributed by atoms with Gasteiger partial charge in [-0.1, -0.05) is 12.1 Å². The molecule has 2 amide bonds. The molecule has 44 heavy (non-hydrogen) atoms. The Labute approximate surface area is 253 Å². The number of methoxy groups -OCH3 is 2. The summed E-state index contributed by atoms with van der Waals surface area (Å²) < 4.78 is 29.1. The second-order valence-electron chi connectivity index (χ2n) is 11.1. The van der Waals surface area contributed by atoms with E-state index in [9.17, 15) is 24.9 Å². The number of hydrogen-bond donors (Lipinski definition) is 4. The zero-order valence-corrected chi connectivity index (χ0v) is 24.5. The molecule has 12 nitrogen and oxygen atoms in total. The number of furan rings is 1. The average Bonchev–Trinajstić information content (AvgIpc) is 3.81. The number of rotatable bonds is 10. The van der Waals surface area contributed by atoms with E-state index < -0.39 is 36.0 Å². The van der Waals surface area contributed by atoms with Crippen molar-refractivity contribution in [3.63, 3.8) is 0 Å². The van der Waals surface area contributed by atoms with Crippen molar-refractivity contribution in [2.45, 2.75) is 49.7 Å². The topological polar surface area (TPSA) is 160 Å². The minimum Gasteiger partial charge on any atom is -0.493 e. The summed E-state index contributed by atoms with van der Waals surface area (Å²) in [6.07, 6.45) is 0.634. The zero-order valence-electron chi connectivity index (χ0n) is 24.5. The Balaban J connectivity index is 1.45. The third-order valence-corrected chi connectivity index (χ3v) is 8.48. The highest BCUT2D eigenvalue weighted by Crippen LogP contribution is 2.51. The Morgan fingerprint density at radius 1 is 1.11 bits per heavy atom. The van der Waals surface area contributed by atoms with Crippen LogP contribution in [0.15, 0.2) is 52.5 Å². The van der Waals surface area contributed by atoms with Crippen LogP contribution in [-0.2, 0) is 16.1 Å². The number of nitrogens with zero attached hydrogens (tertiary/aromatic N) is 1. The van der Waals surface area contributed by atoms with Gasteiger partial charge in [-0.3, -0.25) is 9.59 Å². The predicted octanol–water partition coefficient (Wildman–Crippen LogP) is 1.89. The molecule has 234 valence electrons. The van der Waals surface area contributed by atoms with Crippen LogP contribution in [0.2, 0.25) is 0 Å². The summed E-state index contributed by atoms with van der Waals surface area (Å²) in [6.45, 7) is 0.164. The Morgan fingerprint density at radius 3 is 2.64 bits per heavy atom. The summed E-state index contributed by atoms with van der Waals surface area (Å²) in [4.78, 5) is 29.3. The molecule has 1 saturated heterocycles. The SMILES string of the molecule is COc1cc(CO)cc2c1O[C@@H]1[C@@H](O)[C@H](N(C[C@H]3CCCO3)C(=O)c3cc4cccc(OC)c4o3)C=C(C(=O)NCCO)[C@H]21. The van der Waals surface area contributed by atoms with Gasteiger partial charge in [0.1, 0.15) is 12.2 Å². The average molecular weight is 609 g/mol. The number of ether oxygens (including phenoxy) is 4. The van der Waals surface area contributed by atoms with Gasteiger partial charge in [0.25, 0.3) is 5.91 Å². The van der Waals surface area contributed by atoms with E-state index in [0.717, 1.165) is 12.8 Å². The lowest BCUT2D eigenvalue weighted by atomic mass is 9.77. The van der Waals surface area contributed by atoms with E-state index in [2.05, 4.69) is 5.32 Å². The van der Waals surface area contributed by atoms with Gasteiger partial charge in [0.05, 0.1) is 45.5 Å². The molecular formula is C32H36N2O10. The largest absolute Gasteiger partial charge is 0.493 e. The third-order valence-electron chi connectivity index (χ3n) is 8.48. The molecule has 3 aliphatic rings. The van der Waals surface area contributed by atoms with Gasteiger partial charge in [0.2, 0.25) is 5.91 Å². The van der Waals surface area contributed by atoms with Gasteiger partial charge in [-0.25, -0.2) is 0 Å². The van der Waals surface area contributed by atoms with Gasteiger partial charge < -0.3 is 48.9 Å². The molecule has 1 fully saturated rings. The van der Waals surface area contributed by atoms with Crippen molar-refractivity contribution in [2.75, 3.05) is 40.5 Å². The molecular weight excluding hydrogens is 572 g/mol. The van der Waals surface area contributed by atoms with E-state index in [1.807, 2.05) is 6.07 Å². The van der Waals surface area contributed by atoms with Crippen LogP contribution < -0.4 is 19.5 Å². The molecule has 1 aromatic heterocycles. The van der Waals surface area contributed by atoms with E-state index in [-0.39, 0.29) is 43.7 Å². The van der Waals surface area contributed by atoms with E-state index in [1.54, 1.807) is 36.4 Å². The number of aliphatic hydroxyl groups excluding tert-OH is 3. The summed E-state index contributed by atoms with van der Waals surface area (Å²) in [6, 6.07) is 9.33. The molecule has 5 atom stereocenters. The summed E-state index contributed by atoms with van der Waals surface area (Å²) in [5.41, 5.74) is 1.79. The molecule has 12 heteroatoms. The highest BCUT2D eigenvalue weighted by atomic mass is 16.5. The number of carbonyl (C=O) groups is 2. The summed E-state index contributed by atoms with van der Waals surface area (Å²) in [7, 11) is 2.99. The Kier molecular flexibility index (Phi) is 8.50. The first-order valence-corrected chi connectivity index (χ1v) is 14.6. The van der Waals surface area contributed by atoms with E-state index in [0.29, 0.717) is 46.0 Å². The highest BCUT2D eigenvalue weighted by molar-refractivity contribution is 5.99. The Morgan fingerprint density at radius 2 is 1.93 bits per heavy atom. The van der Waals surface area contributed by atoms with E-state index in [1.165, 1.54) is 19.1 Å². The lowest BCUT2D eigenvalue weighted by molar-refractivity contribution is -0.118. The second kappa shape index (κ2) is 12.5. The third kappa shape index (κ3) is 5.28. The summed E-state index contributed by atoms with van der Waals surface area (Å²) in [5.74, 6) is -0.488. The van der Waals surface area contributed by atoms with Crippen LogP contribution >= 0.6 is 0 Å². The zero-order chi connectivity index (χ0) is 31.0. The predicted molar refractivity (Wildman–Crippen MR) is 157 cm³/mol. The molecule has 6 rings (SSSR count). The molecule has 3 heterocycles. The van der Waals surface area contributed by atoms with Crippen molar-refractivity contribution in [1.29, 1.82) is 0 Å². The molecule has 0 unspecified atom stereocenters. The molecule has 3 aromatic rings. The first-order chi connectivity index (χ1) is 21.4. The van der Waals surface area contributed by atoms with Crippen LogP contribution in [0.5, 0.6) is 17.2 Å². The smallest absolute Gasteiger partial charge is 0.290 e. The summed E-state index contributed by atoms with van der Waals surface area (Å²) in [5, 5.41) is 34.6. The fraction of sp³-hybridized carbons (Fsp3) is 0.438. The number of hydrogen-bond acceptors (Lipinski definition) is 10. The van der Waals surface area contributed by atoms with Crippen molar-refractivity contribution >= 4 is 22.8 Å². The second-order valence-corrected chi connectivity index (χ2v) is 11.1. The molecule has 0 spiro atoms. The normalized spacial score (nSPS) is 23.8. The van der Waals surface area contributed by atoms with Gasteiger partial charge in [-0.2, -0.15) is 0 Å². The molecule has 4 N–H and O–H groups in total. The van der Waals surface area contributed by atoms with Crippen molar-refractivity contribution in [1.82, 2.24) is 10.2 Å². The first-order valence-electron chi connectivity index (χ1n) is 14.6. The van der Waals surface area contributed by atoms with Crippen LogP contribution in [0.1, 0.15) is 40.4 Å². The molecule has 2 aliphatic heterocycles. The number of benzene rings is 2. The standard InChI is InChI=1S/C32H36N2O10/c1-40-23-7-3-5-18-13-25(43-28(18)23)32(39)34(15-19-6-4-10-42-19)22-14-21(31(38)33-8-9-35)26-20-11-17(16-36)12-24(41-2)29(20)44-30(26)27(22)37/h3,5,7,11-14,19,22,26-27,30,35-37H,4,6,8-10,15-16H2,1-2H3,(H,33,38)/t19-,22-,26+,27+,30+/m1/s1. The lowest BCUT2D eigenvalue weighted by Crippen LogP contribution is -2.57. The van der Waals surface area contributed by atoms with Crippen LogP contribution in [0.3, 0.4) is 0 Å². The fourth-order valence-electron chi connectivity index (χ4n) is 6.41. The van der Waals surface area contributed by atoms with Crippen LogP contribution in [0.25, 0.3) is 11.0 Å². The number of para-hydroxylation sites is 1. The monoisotopic (exact) mass is 608 g/mol. The van der Waals surface area contributed by atoms with Crippen LogP contribution in [0, 0.1) is 0 Å². The van der Waals surface area contributed by atoms with Crippen molar-refractivity contribution in [2.24, 2.45) is 0 Å². The minimum atomic E-state index is -1.27. The van der Waals surface area contributed by atoms with E-state index >= 15 is 0 Å². The van der Waals surface area contributed by atoms with Crippen molar-refractivity contribution in [3.05, 3.63) is 64.9 Å². The molecule has 2 aromatic carbocycles. The van der Waals surface area contributed by atoms with Crippen LogP contribution in [0.4, 0.5) is 0 Å². The molecule has 1 aliphatic carbocycles. The molecule has 0 saturated carbocycles. The maximum absolute atomic E-state index is 14.3. The maximum atomic E-state index is 14.3. The Bertz CT molecular complexity index is 1580. The maximum Gasteiger partial charge on any atom is 0.290 e. The highest BCUT2D eigenvalue weighted by Gasteiger charge is 2.52. The quantitative estimate of drug-likeness (QED) is 0.268. The van der Waals surface area contributed by atoms with Gasteiger partial charge in [-0.05, 0) is 48.7 Å². The Hall–Kier alpha value is -4.10. The van der Waals surface area contributed by atoms with Gasteiger partial charge in [0.15, 0.2) is 28.6 Å². The van der Waals surface area contributed by atoms with E-state index in [4.69, 9.17) is 23.4 Å². The summed E-state index contributed by atoms with van der Waals surface area (Å²) >= 11 is 0. The van der Waals surface area contributed by atoms with Crippen molar-refractivity contribution < 1.29 is 48.3 Å². The first kappa shape index (κ1) is 29.9.